The smallest absolute Gasteiger partial charge is 0.324 e. The fraction of sp³-hybridized carbons (Fsp3) is 0.556. The molecule has 0 bridgehead atoms. The van der Waals surface area contributed by atoms with Gasteiger partial charge in [-0.15, -0.1) is 0 Å². The van der Waals surface area contributed by atoms with Gasteiger partial charge in [-0.25, -0.2) is 12.8 Å². The van der Waals surface area contributed by atoms with E-state index in [9.17, 15) is 22.4 Å². The fourth-order valence-corrected chi connectivity index (χ4v) is 4.05. The number of carbonyl (C=O) groups excluding carboxylic acids is 2. The van der Waals surface area contributed by atoms with E-state index >= 15 is 0 Å². The summed E-state index contributed by atoms with van der Waals surface area (Å²) in [5.74, 6) is -1.84. The van der Waals surface area contributed by atoms with Crippen molar-refractivity contribution in [1.82, 2.24) is 10.0 Å². The highest BCUT2D eigenvalue weighted by Crippen LogP contribution is 2.17. The quantitative estimate of drug-likeness (QED) is 0.681. The monoisotopic (exact) mass is 400 g/mol. The highest BCUT2D eigenvalue weighted by molar-refractivity contribution is 7.89. The molecular weight excluding hydrogens is 375 g/mol. The van der Waals surface area contributed by atoms with Crippen LogP contribution in [-0.4, -0.2) is 38.5 Å². The number of nitrogens with one attached hydrogen (secondary N) is 2. The zero-order valence-corrected chi connectivity index (χ0v) is 16.2. The van der Waals surface area contributed by atoms with Gasteiger partial charge in [0.2, 0.25) is 10.0 Å². The summed E-state index contributed by atoms with van der Waals surface area (Å²) in [5.41, 5.74) is 0. The van der Waals surface area contributed by atoms with Crippen LogP contribution in [0.3, 0.4) is 0 Å². The Kier molecular flexibility index (Phi) is 7.32. The predicted octanol–water partition coefficient (Wildman–Crippen LogP) is 1.87. The van der Waals surface area contributed by atoms with Crippen LogP contribution in [0.25, 0.3) is 0 Å². The zero-order valence-electron chi connectivity index (χ0n) is 15.4. The first-order valence-electron chi connectivity index (χ1n) is 8.98. The highest BCUT2D eigenvalue weighted by Gasteiger charge is 2.27. The molecule has 1 fully saturated rings. The number of hydrogen-bond donors (Lipinski definition) is 2. The van der Waals surface area contributed by atoms with Gasteiger partial charge in [-0.3, -0.25) is 9.59 Å². The molecule has 7 nitrogen and oxygen atoms in total. The molecule has 1 saturated carbocycles. The lowest BCUT2D eigenvalue weighted by Crippen LogP contribution is -2.46. The maximum atomic E-state index is 12.9. The van der Waals surface area contributed by atoms with Crippen molar-refractivity contribution in [2.24, 2.45) is 0 Å². The summed E-state index contributed by atoms with van der Waals surface area (Å²) in [4.78, 5) is 24.1. The van der Waals surface area contributed by atoms with E-state index in [0.717, 1.165) is 56.4 Å². The molecule has 1 aliphatic rings. The minimum Gasteiger partial charge on any atom is -0.451 e. The lowest BCUT2D eigenvalue weighted by atomic mass is 9.95. The Balaban J connectivity index is 1.88. The number of rotatable bonds is 7. The molecule has 0 saturated heterocycles. The molecule has 9 heteroatoms. The molecule has 27 heavy (non-hydrogen) atoms. The first-order valence-corrected chi connectivity index (χ1v) is 10.5. The van der Waals surface area contributed by atoms with Crippen LogP contribution in [0.15, 0.2) is 29.2 Å². The molecule has 1 aromatic carbocycles. The van der Waals surface area contributed by atoms with Gasteiger partial charge in [-0.05, 0) is 51.0 Å². The van der Waals surface area contributed by atoms with E-state index in [-0.39, 0.29) is 10.9 Å². The van der Waals surface area contributed by atoms with Gasteiger partial charge in [0.15, 0.2) is 6.10 Å². The number of esters is 1. The second-order valence-electron chi connectivity index (χ2n) is 6.72. The van der Waals surface area contributed by atoms with E-state index < -0.39 is 39.9 Å². The Labute approximate surface area is 158 Å². The van der Waals surface area contributed by atoms with E-state index in [4.69, 9.17) is 4.74 Å². The zero-order chi connectivity index (χ0) is 20.0. The van der Waals surface area contributed by atoms with Crippen molar-refractivity contribution in [3.8, 4) is 0 Å². The van der Waals surface area contributed by atoms with Gasteiger partial charge >= 0.3 is 5.97 Å². The van der Waals surface area contributed by atoms with Crippen molar-refractivity contribution in [2.75, 3.05) is 0 Å². The van der Waals surface area contributed by atoms with E-state index in [1.807, 2.05) is 0 Å². The number of carbonyl (C=O) groups is 2. The first kappa shape index (κ1) is 21.3. The highest BCUT2D eigenvalue weighted by atomic mass is 32.2. The van der Waals surface area contributed by atoms with Crippen LogP contribution in [-0.2, 0) is 24.3 Å². The lowest BCUT2D eigenvalue weighted by molar-refractivity contribution is -0.156. The molecule has 1 aromatic rings. The van der Waals surface area contributed by atoms with Gasteiger partial charge in [-0.1, -0.05) is 19.3 Å². The molecule has 0 aliphatic heterocycles. The van der Waals surface area contributed by atoms with Crippen molar-refractivity contribution < 1.29 is 27.1 Å². The molecule has 150 valence electrons. The molecule has 0 spiro atoms. The van der Waals surface area contributed by atoms with E-state index in [1.165, 1.54) is 13.8 Å². The molecular formula is C18H25FN2O5S. The summed E-state index contributed by atoms with van der Waals surface area (Å²) in [7, 11) is -4.02. The van der Waals surface area contributed by atoms with Crippen LogP contribution >= 0.6 is 0 Å². The molecule has 2 N–H and O–H groups in total. The van der Waals surface area contributed by atoms with Crippen molar-refractivity contribution in [2.45, 2.75) is 69.0 Å². The van der Waals surface area contributed by atoms with Gasteiger partial charge in [0, 0.05) is 6.04 Å². The van der Waals surface area contributed by atoms with Gasteiger partial charge in [-0.2, -0.15) is 4.72 Å². The summed E-state index contributed by atoms with van der Waals surface area (Å²) in [5, 5.41) is 2.85. The van der Waals surface area contributed by atoms with Crippen LogP contribution in [0.2, 0.25) is 0 Å². The largest absolute Gasteiger partial charge is 0.451 e. The summed E-state index contributed by atoms with van der Waals surface area (Å²) in [6.45, 7) is 2.76. The average Bonchev–Trinajstić information content (AvgIpc) is 2.62. The van der Waals surface area contributed by atoms with Crippen LogP contribution < -0.4 is 10.0 Å². The topological polar surface area (TPSA) is 102 Å². The van der Waals surface area contributed by atoms with E-state index in [2.05, 4.69) is 10.0 Å². The molecule has 0 heterocycles. The molecule has 1 amide bonds. The summed E-state index contributed by atoms with van der Waals surface area (Å²) in [6.07, 6.45) is 4.04. The normalized spacial score (nSPS) is 17.7. The van der Waals surface area contributed by atoms with Gasteiger partial charge in [0.1, 0.15) is 11.9 Å². The molecule has 2 atom stereocenters. The van der Waals surface area contributed by atoms with Crippen LogP contribution in [0.4, 0.5) is 4.39 Å². The third kappa shape index (κ3) is 6.28. The van der Waals surface area contributed by atoms with Crippen molar-refractivity contribution in [3.05, 3.63) is 30.1 Å². The fourth-order valence-electron chi connectivity index (χ4n) is 2.86. The SMILES string of the molecule is C[C@H](NS(=O)(=O)c1ccc(F)cc1)C(=O)O[C@@H](C)C(=O)NC1CCCCC1. The number of sulfonamides is 1. The first-order chi connectivity index (χ1) is 12.7. The number of hydrogen-bond acceptors (Lipinski definition) is 5. The van der Waals surface area contributed by atoms with E-state index in [0.29, 0.717) is 0 Å². The average molecular weight is 400 g/mol. The molecule has 0 aromatic heterocycles. The number of benzene rings is 1. The molecule has 2 rings (SSSR count). The van der Waals surface area contributed by atoms with Crippen molar-refractivity contribution in [3.63, 3.8) is 0 Å². The maximum absolute atomic E-state index is 12.9. The van der Waals surface area contributed by atoms with Gasteiger partial charge in [0.05, 0.1) is 4.90 Å². The third-order valence-electron chi connectivity index (χ3n) is 4.42. The summed E-state index contributed by atoms with van der Waals surface area (Å²) in [6, 6.07) is 3.09. The Bertz CT molecular complexity index is 760. The number of ether oxygens (including phenoxy) is 1. The van der Waals surface area contributed by atoms with Crippen LogP contribution in [0.1, 0.15) is 46.0 Å². The lowest BCUT2D eigenvalue weighted by Gasteiger charge is -2.24. The Hall–Kier alpha value is -2.00. The van der Waals surface area contributed by atoms with Crippen molar-refractivity contribution in [1.29, 1.82) is 0 Å². The Morgan fingerprint density at radius 1 is 1.11 bits per heavy atom. The predicted molar refractivity (Wildman–Crippen MR) is 96.8 cm³/mol. The second-order valence-corrected chi connectivity index (χ2v) is 8.43. The minimum absolute atomic E-state index is 0.0850. The Morgan fingerprint density at radius 3 is 2.30 bits per heavy atom. The summed E-state index contributed by atoms with van der Waals surface area (Å²) < 4.78 is 44.6. The molecule has 1 aliphatic carbocycles. The number of halogens is 1. The molecule has 0 unspecified atom stereocenters. The maximum Gasteiger partial charge on any atom is 0.324 e. The van der Waals surface area contributed by atoms with Crippen LogP contribution in [0.5, 0.6) is 0 Å². The van der Waals surface area contributed by atoms with E-state index in [1.54, 1.807) is 0 Å². The minimum atomic E-state index is -4.02. The van der Waals surface area contributed by atoms with Gasteiger partial charge < -0.3 is 10.1 Å². The van der Waals surface area contributed by atoms with Crippen LogP contribution in [0, 0.1) is 5.82 Å². The summed E-state index contributed by atoms with van der Waals surface area (Å²) >= 11 is 0. The second kappa shape index (κ2) is 9.27. The third-order valence-corrected chi connectivity index (χ3v) is 5.98. The van der Waals surface area contributed by atoms with Crippen molar-refractivity contribution >= 4 is 21.9 Å². The Morgan fingerprint density at radius 2 is 1.70 bits per heavy atom. The molecule has 0 radical (unpaired) electrons. The number of amides is 1. The standard InChI is InChI=1S/C18H25FN2O5S/c1-12(21-27(24,25)16-10-8-14(19)9-11-16)18(23)26-13(2)17(22)20-15-6-4-3-5-7-15/h8-13,15,21H,3-7H2,1-2H3,(H,20,22)/t12-,13-/m0/s1. The van der Waals surface area contributed by atoms with Gasteiger partial charge in [0.25, 0.3) is 5.91 Å².